The minimum absolute atomic E-state index is 0.0659. The summed E-state index contributed by atoms with van der Waals surface area (Å²) < 4.78 is 22.1. The number of nitrogens with one attached hydrogen (secondary N) is 1. The highest BCUT2D eigenvalue weighted by atomic mass is 32.1. The van der Waals surface area contributed by atoms with E-state index in [0.29, 0.717) is 40.3 Å². The SMILES string of the molecule is COc1cccc(OCCOc2ccc(C=C(C#N)C(=O)Nc3nc(-c4ccccc4)cs3)cc2OC)c1. The highest BCUT2D eigenvalue weighted by Crippen LogP contribution is 2.30. The molecule has 0 aliphatic heterocycles. The first-order chi connectivity index (χ1) is 18.6. The molecule has 1 N–H and O–H groups in total. The molecule has 192 valence electrons. The zero-order valence-electron chi connectivity index (χ0n) is 20.8. The summed E-state index contributed by atoms with van der Waals surface area (Å²) in [5.41, 5.74) is 2.24. The number of nitriles is 1. The number of carbonyl (C=O) groups is 1. The number of carbonyl (C=O) groups excluding carboxylic acids is 1. The van der Waals surface area contributed by atoms with E-state index in [2.05, 4.69) is 10.3 Å². The van der Waals surface area contributed by atoms with Gasteiger partial charge in [-0.25, -0.2) is 4.98 Å². The Labute approximate surface area is 224 Å². The number of benzene rings is 3. The standard InChI is InChI=1S/C29H25N3O5S/c1-34-23-9-6-10-24(17-23)36-13-14-37-26-12-11-20(16-27(26)35-2)15-22(18-30)28(33)32-29-31-25(19-38-29)21-7-4-3-5-8-21/h3-12,15-17,19H,13-14H2,1-2H3,(H,31,32,33). The van der Waals surface area contributed by atoms with Gasteiger partial charge >= 0.3 is 0 Å². The van der Waals surface area contributed by atoms with E-state index in [9.17, 15) is 10.1 Å². The van der Waals surface area contributed by atoms with E-state index in [1.54, 1.807) is 31.4 Å². The molecule has 0 saturated carbocycles. The van der Waals surface area contributed by atoms with Crippen LogP contribution in [0.1, 0.15) is 5.56 Å². The topological polar surface area (TPSA) is 103 Å². The van der Waals surface area contributed by atoms with E-state index in [1.807, 2.05) is 60.0 Å². The molecule has 1 aromatic heterocycles. The molecule has 4 rings (SSSR count). The molecule has 8 nitrogen and oxygen atoms in total. The van der Waals surface area contributed by atoms with Gasteiger partial charge in [-0.3, -0.25) is 10.1 Å². The van der Waals surface area contributed by atoms with Gasteiger partial charge in [0.15, 0.2) is 16.6 Å². The van der Waals surface area contributed by atoms with Crippen molar-refractivity contribution >= 4 is 28.5 Å². The summed E-state index contributed by atoms with van der Waals surface area (Å²) in [6.45, 7) is 0.604. The smallest absolute Gasteiger partial charge is 0.268 e. The summed E-state index contributed by atoms with van der Waals surface area (Å²) in [4.78, 5) is 17.2. The van der Waals surface area contributed by atoms with Gasteiger partial charge in [-0.15, -0.1) is 11.3 Å². The Balaban J connectivity index is 1.37. The van der Waals surface area contributed by atoms with Gasteiger partial charge in [0.2, 0.25) is 0 Å². The second kappa shape index (κ2) is 12.9. The number of ether oxygens (including phenoxy) is 4. The van der Waals surface area contributed by atoms with Crippen LogP contribution in [0.4, 0.5) is 5.13 Å². The molecule has 38 heavy (non-hydrogen) atoms. The van der Waals surface area contributed by atoms with Gasteiger partial charge < -0.3 is 18.9 Å². The van der Waals surface area contributed by atoms with E-state index in [0.717, 1.165) is 11.3 Å². The minimum atomic E-state index is -0.546. The molecule has 0 aliphatic carbocycles. The number of rotatable bonds is 11. The van der Waals surface area contributed by atoms with Crippen molar-refractivity contribution in [1.29, 1.82) is 5.26 Å². The molecule has 1 amide bonds. The van der Waals surface area contributed by atoms with Gasteiger partial charge in [-0.2, -0.15) is 5.26 Å². The van der Waals surface area contributed by atoms with Crippen molar-refractivity contribution in [2.45, 2.75) is 0 Å². The van der Waals surface area contributed by atoms with Crippen molar-refractivity contribution in [2.24, 2.45) is 0 Å². The van der Waals surface area contributed by atoms with E-state index < -0.39 is 5.91 Å². The van der Waals surface area contributed by atoms with Gasteiger partial charge in [0.05, 0.1) is 19.9 Å². The number of aromatic nitrogens is 1. The van der Waals surface area contributed by atoms with Gasteiger partial charge in [0.1, 0.15) is 36.4 Å². The van der Waals surface area contributed by atoms with Crippen LogP contribution in [-0.2, 0) is 4.79 Å². The number of anilines is 1. The van der Waals surface area contributed by atoms with Crippen molar-refractivity contribution in [1.82, 2.24) is 4.98 Å². The molecule has 0 aliphatic rings. The third-order valence-electron chi connectivity index (χ3n) is 5.31. The number of thiazole rings is 1. The summed E-state index contributed by atoms with van der Waals surface area (Å²) >= 11 is 1.29. The lowest BCUT2D eigenvalue weighted by Gasteiger charge is -2.12. The van der Waals surface area contributed by atoms with E-state index in [1.165, 1.54) is 24.5 Å². The molecule has 4 aromatic rings. The molecule has 0 radical (unpaired) electrons. The van der Waals surface area contributed by atoms with Crippen LogP contribution >= 0.6 is 11.3 Å². The lowest BCUT2D eigenvalue weighted by molar-refractivity contribution is -0.112. The molecule has 9 heteroatoms. The Morgan fingerprint density at radius 2 is 1.74 bits per heavy atom. The summed E-state index contributed by atoms with van der Waals surface area (Å²) in [6, 6.07) is 24.1. The molecule has 0 unspecified atom stereocenters. The molecule has 0 atom stereocenters. The Hall–Kier alpha value is -4.81. The molecule has 1 heterocycles. The lowest BCUT2D eigenvalue weighted by Crippen LogP contribution is -2.13. The molecule has 0 bridgehead atoms. The average molecular weight is 528 g/mol. The quantitative estimate of drug-likeness (QED) is 0.149. The molecular formula is C29H25N3O5S. The molecular weight excluding hydrogens is 502 g/mol. The fourth-order valence-corrected chi connectivity index (χ4v) is 4.16. The van der Waals surface area contributed by atoms with Gasteiger partial charge in [0, 0.05) is 17.0 Å². The number of hydrogen-bond acceptors (Lipinski definition) is 8. The second-order valence-electron chi connectivity index (χ2n) is 7.81. The average Bonchev–Trinajstić information content (AvgIpc) is 3.43. The fourth-order valence-electron chi connectivity index (χ4n) is 3.45. The van der Waals surface area contributed by atoms with Crippen molar-refractivity contribution in [2.75, 3.05) is 32.8 Å². The highest BCUT2D eigenvalue weighted by Gasteiger charge is 2.14. The third kappa shape index (κ3) is 6.90. The lowest BCUT2D eigenvalue weighted by atomic mass is 10.1. The first kappa shape index (κ1) is 26.3. The predicted octanol–water partition coefficient (Wildman–Crippen LogP) is 5.83. The van der Waals surface area contributed by atoms with Gasteiger partial charge in [0.25, 0.3) is 5.91 Å². The fraction of sp³-hybridized carbons (Fsp3) is 0.138. The van der Waals surface area contributed by atoms with Crippen molar-refractivity contribution in [3.8, 4) is 40.3 Å². The Kier molecular flexibility index (Phi) is 8.94. The maximum atomic E-state index is 12.7. The van der Waals surface area contributed by atoms with E-state index in [-0.39, 0.29) is 12.2 Å². The Bertz CT molecular complexity index is 1460. The summed E-state index contributed by atoms with van der Waals surface area (Å²) in [5.74, 6) is 1.82. The number of amides is 1. The largest absolute Gasteiger partial charge is 0.497 e. The van der Waals surface area contributed by atoms with Crippen LogP contribution in [0.25, 0.3) is 17.3 Å². The molecule has 3 aromatic carbocycles. The van der Waals surface area contributed by atoms with E-state index in [4.69, 9.17) is 18.9 Å². The number of nitrogens with zero attached hydrogens (tertiary/aromatic N) is 2. The van der Waals surface area contributed by atoms with E-state index >= 15 is 0 Å². The Morgan fingerprint density at radius 3 is 2.50 bits per heavy atom. The van der Waals surface area contributed by atoms with Gasteiger partial charge in [-0.1, -0.05) is 42.5 Å². The normalized spacial score (nSPS) is 10.8. The van der Waals surface area contributed by atoms with Crippen LogP contribution < -0.4 is 24.3 Å². The Morgan fingerprint density at radius 1 is 0.947 bits per heavy atom. The van der Waals surface area contributed by atoms with Crippen molar-refractivity contribution in [3.05, 3.63) is 89.3 Å². The zero-order chi connectivity index (χ0) is 26.7. The molecule has 0 fully saturated rings. The van der Waals surface area contributed by atoms with Crippen molar-refractivity contribution < 1.29 is 23.7 Å². The number of methoxy groups -OCH3 is 2. The maximum Gasteiger partial charge on any atom is 0.268 e. The number of hydrogen-bond donors (Lipinski definition) is 1. The summed E-state index contributed by atoms with van der Waals surface area (Å²) in [7, 11) is 3.12. The summed E-state index contributed by atoms with van der Waals surface area (Å²) in [6.07, 6.45) is 1.49. The first-order valence-corrected chi connectivity index (χ1v) is 12.5. The van der Waals surface area contributed by atoms with Crippen molar-refractivity contribution in [3.63, 3.8) is 0 Å². The van der Waals surface area contributed by atoms with Crippen LogP contribution in [0.2, 0.25) is 0 Å². The van der Waals surface area contributed by atoms with Crippen LogP contribution in [0.15, 0.2) is 83.7 Å². The highest BCUT2D eigenvalue weighted by molar-refractivity contribution is 7.14. The first-order valence-electron chi connectivity index (χ1n) is 11.6. The zero-order valence-corrected chi connectivity index (χ0v) is 21.7. The maximum absolute atomic E-state index is 12.7. The minimum Gasteiger partial charge on any atom is -0.497 e. The van der Waals surface area contributed by atoms with Crippen LogP contribution in [-0.4, -0.2) is 38.3 Å². The molecule has 0 spiro atoms. The monoisotopic (exact) mass is 527 g/mol. The third-order valence-corrected chi connectivity index (χ3v) is 6.07. The van der Waals surface area contributed by atoms with Crippen LogP contribution in [0.3, 0.4) is 0 Å². The van der Waals surface area contributed by atoms with Crippen LogP contribution in [0, 0.1) is 11.3 Å². The van der Waals surface area contributed by atoms with Gasteiger partial charge in [-0.05, 0) is 35.9 Å². The molecule has 0 saturated heterocycles. The second-order valence-corrected chi connectivity index (χ2v) is 8.67. The van der Waals surface area contributed by atoms with Crippen LogP contribution in [0.5, 0.6) is 23.0 Å². The predicted molar refractivity (Wildman–Crippen MR) is 147 cm³/mol. The summed E-state index contributed by atoms with van der Waals surface area (Å²) in [5, 5.41) is 14.6.